The Morgan fingerprint density at radius 2 is 0.932 bits per heavy atom. The maximum atomic E-state index is 14.8. The number of para-hydroxylation sites is 6. The standard InChI is InChI=1S/C32H24N8O4/c1-43-25-17-9-5-13-21(25)33-27-29(39-23-15-7-3-11-19(23)35-37-39)32(42)28(34-22-14-6-10-18-26(22)44-2)30(31(27)41)40-24-16-8-4-12-20(24)36-38-40/h3-18,33-34H,1-2H3. The molecule has 44 heavy (non-hydrogen) atoms. The van der Waals surface area contributed by atoms with Crippen molar-refractivity contribution in [3.63, 3.8) is 0 Å². The minimum Gasteiger partial charge on any atom is -0.495 e. The van der Waals surface area contributed by atoms with E-state index in [1.165, 1.54) is 23.6 Å². The van der Waals surface area contributed by atoms with Gasteiger partial charge in [-0.05, 0) is 48.5 Å². The average Bonchev–Trinajstić information content (AvgIpc) is 3.69. The van der Waals surface area contributed by atoms with Crippen molar-refractivity contribution < 1.29 is 19.1 Å². The average molecular weight is 585 g/mol. The van der Waals surface area contributed by atoms with Gasteiger partial charge in [-0.3, -0.25) is 9.59 Å². The molecule has 2 N–H and O–H groups in total. The van der Waals surface area contributed by atoms with Crippen LogP contribution in [0.5, 0.6) is 11.5 Å². The van der Waals surface area contributed by atoms with Gasteiger partial charge in [0.2, 0.25) is 11.6 Å². The van der Waals surface area contributed by atoms with Crippen LogP contribution in [0.1, 0.15) is 0 Å². The molecular formula is C32H24N8O4. The van der Waals surface area contributed by atoms with Gasteiger partial charge in [0.15, 0.2) is 0 Å². The lowest BCUT2D eigenvalue weighted by Crippen LogP contribution is -2.34. The summed E-state index contributed by atoms with van der Waals surface area (Å²) in [5.74, 6) is -0.147. The zero-order valence-electron chi connectivity index (χ0n) is 23.6. The monoisotopic (exact) mass is 584 g/mol. The van der Waals surface area contributed by atoms with Crippen LogP contribution in [0.15, 0.2) is 108 Å². The molecule has 0 bridgehead atoms. The Hall–Kier alpha value is -6.30. The Morgan fingerprint density at radius 3 is 1.36 bits per heavy atom. The normalized spacial score (nSPS) is 13.6. The predicted octanol–water partition coefficient (Wildman–Crippen LogP) is 4.61. The number of fused-ring (bicyclic) bond motifs is 2. The summed E-state index contributed by atoms with van der Waals surface area (Å²) >= 11 is 0. The fourth-order valence-corrected chi connectivity index (χ4v) is 5.15. The highest BCUT2D eigenvalue weighted by molar-refractivity contribution is 6.45. The molecule has 1 aliphatic carbocycles. The molecule has 0 unspecified atom stereocenters. The summed E-state index contributed by atoms with van der Waals surface area (Å²) in [5.41, 5.74) is 2.94. The summed E-state index contributed by atoms with van der Waals surface area (Å²) in [4.78, 5) is 29.6. The van der Waals surface area contributed by atoms with Crippen LogP contribution in [0.2, 0.25) is 0 Å². The number of benzene rings is 4. The zero-order valence-corrected chi connectivity index (χ0v) is 23.6. The van der Waals surface area contributed by atoms with E-state index in [1.54, 1.807) is 72.8 Å². The predicted molar refractivity (Wildman–Crippen MR) is 165 cm³/mol. The summed E-state index contributed by atoms with van der Waals surface area (Å²) < 4.78 is 13.8. The van der Waals surface area contributed by atoms with Gasteiger partial charge >= 0.3 is 0 Å². The number of hydrogen-bond donors (Lipinski definition) is 2. The van der Waals surface area contributed by atoms with E-state index in [2.05, 4.69) is 31.3 Å². The Labute approximate surface area is 250 Å². The molecule has 12 nitrogen and oxygen atoms in total. The summed E-state index contributed by atoms with van der Waals surface area (Å²) in [6.07, 6.45) is 0. The number of nitrogens with zero attached hydrogens (tertiary/aromatic N) is 6. The summed E-state index contributed by atoms with van der Waals surface area (Å²) in [6.45, 7) is 0. The molecule has 12 heteroatoms. The molecule has 0 aliphatic heterocycles. The molecule has 0 radical (unpaired) electrons. The highest BCUT2D eigenvalue weighted by Crippen LogP contribution is 2.37. The second-order valence-electron chi connectivity index (χ2n) is 9.74. The molecule has 0 saturated heterocycles. The zero-order chi connectivity index (χ0) is 30.2. The van der Waals surface area contributed by atoms with Crippen LogP contribution < -0.4 is 20.1 Å². The number of carbonyl (C=O) groups excluding carboxylic acids is 2. The quantitative estimate of drug-likeness (QED) is 0.244. The van der Waals surface area contributed by atoms with Crippen LogP contribution in [-0.2, 0) is 9.59 Å². The first-order valence-corrected chi connectivity index (χ1v) is 13.6. The van der Waals surface area contributed by atoms with Gasteiger partial charge in [0.05, 0.1) is 36.6 Å². The van der Waals surface area contributed by atoms with E-state index in [0.717, 1.165) is 0 Å². The third kappa shape index (κ3) is 4.32. The number of ketones is 2. The molecule has 7 rings (SSSR count). The molecule has 2 heterocycles. The Kier molecular flexibility index (Phi) is 6.55. The second-order valence-corrected chi connectivity index (χ2v) is 9.74. The Morgan fingerprint density at radius 1 is 0.545 bits per heavy atom. The topological polar surface area (TPSA) is 138 Å². The van der Waals surface area contributed by atoms with Crippen molar-refractivity contribution >= 4 is 56.4 Å². The number of aromatic nitrogens is 6. The van der Waals surface area contributed by atoms with Crippen molar-refractivity contribution in [2.75, 3.05) is 24.9 Å². The molecule has 0 saturated carbocycles. The first-order valence-electron chi connectivity index (χ1n) is 13.6. The SMILES string of the molecule is COc1ccccc1NC1=C(n2nnc3ccccc32)C(=O)C(Nc2ccccc2OC)=C(n2nnc3ccccc32)C1=O. The molecule has 0 amide bonds. The molecule has 0 fully saturated rings. The third-order valence-electron chi connectivity index (χ3n) is 7.22. The molecule has 2 aromatic heterocycles. The van der Waals surface area contributed by atoms with Crippen LogP contribution in [0, 0.1) is 0 Å². The van der Waals surface area contributed by atoms with Crippen molar-refractivity contribution in [2.45, 2.75) is 0 Å². The Balaban J connectivity index is 1.51. The number of allylic oxidation sites excluding steroid dienone is 2. The van der Waals surface area contributed by atoms with E-state index < -0.39 is 11.6 Å². The fourth-order valence-electron chi connectivity index (χ4n) is 5.15. The fraction of sp³-hybridized carbons (Fsp3) is 0.0625. The van der Waals surface area contributed by atoms with Crippen LogP contribution in [-0.4, -0.2) is 55.8 Å². The minimum atomic E-state index is -0.543. The maximum Gasteiger partial charge on any atom is 0.232 e. The molecule has 216 valence electrons. The Bertz CT molecular complexity index is 2010. The van der Waals surface area contributed by atoms with Crippen LogP contribution in [0.25, 0.3) is 33.5 Å². The maximum absolute atomic E-state index is 14.8. The number of methoxy groups -OCH3 is 2. The van der Waals surface area contributed by atoms with Crippen LogP contribution in [0.4, 0.5) is 11.4 Å². The van der Waals surface area contributed by atoms with Crippen molar-refractivity contribution in [3.8, 4) is 11.5 Å². The summed E-state index contributed by atoms with van der Waals surface area (Å²) in [7, 11) is 3.05. The van der Waals surface area contributed by atoms with E-state index in [9.17, 15) is 9.59 Å². The van der Waals surface area contributed by atoms with E-state index in [-0.39, 0.29) is 22.8 Å². The highest BCUT2D eigenvalue weighted by atomic mass is 16.5. The number of carbonyl (C=O) groups is 2. The smallest absolute Gasteiger partial charge is 0.232 e. The van der Waals surface area contributed by atoms with Crippen LogP contribution >= 0.6 is 0 Å². The third-order valence-corrected chi connectivity index (χ3v) is 7.22. The second kappa shape index (κ2) is 10.8. The molecule has 1 aliphatic rings. The van der Waals surface area contributed by atoms with Gasteiger partial charge in [0.1, 0.15) is 45.3 Å². The lowest BCUT2D eigenvalue weighted by molar-refractivity contribution is -0.114. The van der Waals surface area contributed by atoms with Gasteiger partial charge in [-0.15, -0.1) is 10.2 Å². The van der Waals surface area contributed by atoms with Crippen LogP contribution in [0.3, 0.4) is 0 Å². The van der Waals surface area contributed by atoms with Gasteiger partial charge in [0.25, 0.3) is 0 Å². The van der Waals surface area contributed by atoms with Crippen molar-refractivity contribution in [1.29, 1.82) is 0 Å². The number of anilines is 2. The highest BCUT2D eigenvalue weighted by Gasteiger charge is 2.40. The molecular weight excluding hydrogens is 560 g/mol. The first kappa shape index (κ1) is 26.6. The van der Waals surface area contributed by atoms with E-state index in [0.29, 0.717) is 44.9 Å². The number of rotatable bonds is 8. The van der Waals surface area contributed by atoms with Gasteiger partial charge in [0, 0.05) is 0 Å². The molecule has 0 atom stereocenters. The minimum absolute atomic E-state index is 0.0415. The van der Waals surface area contributed by atoms with Crippen molar-refractivity contribution in [1.82, 2.24) is 30.0 Å². The van der Waals surface area contributed by atoms with Gasteiger partial charge in [-0.25, -0.2) is 9.36 Å². The van der Waals surface area contributed by atoms with E-state index >= 15 is 0 Å². The largest absolute Gasteiger partial charge is 0.495 e. The van der Waals surface area contributed by atoms with Gasteiger partial charge in [-0.1, -0.05) is 59.0 Å². The molecule has 0 spiro atoms. The summed E-state index contributed by atoms with van der Waals surface area (Å²) in [5, 5.41) is 23.5. The van der Waals surface area contributed by atoms with E-state index in [1.807, 2.05) is 24.3 Å². The summed E-state index contributed by atoms with van der Waals surface area (Å²) in [6, 6.07) is 28.5. The number of Topliss-reactive ketones (excluding diaryl/α,β-unsaturated/α-hetero) is 2. The van der Waals surface area contributed by atoms with Gasteiger partial charge in [-0.2, -0.15) is 0 Å². The molecule has 6 aromatic rings. The van der Waals surface area contributed by atoms with Crippen molar-refractivity contribution in [3.05, 3.63) is 108 Å². The van der Waals surface area contributed by atoms with Gasteiger partial charge < -0.3 is 20.1 Å². The lowest BCUT2D eigenvalue weighted by Gasteiger charge is -2.26. The first-order chi connectivity index (χ1) is 21.6. The number of ether oxygens (including phenoxy) is 2. The lowest BCUT2D eigenvalue weighted by atomic mass is 9.97. The van der Waals surface area contributed by atoms with Crippen molar-refractivity contribution in [2.24, 2.45) is 0 Å². The number of hydrogen-bond acceptors (Lipinski definition) is 10. The molecule has 4 aromatic carbocycles. The number of nitrogens with one attached hydrogen (secondary N) is 2. The van der Waals surface area contributed by atoms with E-state index in [4.69, 9.17) is 9.47 Å².